The molecule has 1 aliphatic heterocycles. The minimum absolute atomic E-state index is 0.185. The van der Waals surface area contributed by atoms with E-state index in [1.807, 2.05) is 49.1 Å². The van der Waals surface area contributed by atoms with Crippen molar-refractivity contribution in [2.75, 3.05) is 13.1 Å². The quantitative estimate of drug-likeness (QED) is 0.847. The lowest BCUT2D eigenvalue weighted by Gasteiger charge is -2.16. The van der Waals surface area contributed by atoms with Crippen LogP contribution < -0.4 is 0 Å². The Balaban J connectivity index is 1.63. The van der Waals surface area contributed by atoms with Crippen molar-refractivity contribution in [3.05, 3.63) is 35.4 Å². The SMILES string of the molecule is Cc1cc(CC(=O)N2CCC(c3cnn(C)c3)C2)n(C)n1. The summed E-state index contributed by atoms with van der Waals surface area (Å²) < 4.78 is 3.61. The van der Waals surface area contributed by atoms with Gasteiger partial charge in [-0.2, -0.15) is 10.2 Å². The van der Waals surface area contributed by atoms with Crippen LogP contribution in [0.2, 0.25) is 0 Å². The summed E-state index contributed by atoms with van der Waals surface area (Å²) in [5.41, 5.74) is 3.15. The van der Waals surface area contributed by atoms with Crippen LogP contribution in [0.1, 0.15) is 29.3 Å². The highest BCUT2D eigenvalue weighted by Crippen LogP contribution is 2.27. The molecule has 0 saturated carbocycles. The second-order valence-electron chi connectivity index (χ2n) is 5.85. The van der Waals surface area contributed by atoms with Crippen molar-refractivity contribution in [1.82, 2.24) is 24.5 Å². The first-order valence-electron chi connectivity index (χ1n) is 7.29. The van der Waals surface area contributed by atoms with Gasteiger partial charge in [-0.1, -0.05) is 0 Å². The fourth-order valence-corrected chi connectivity index (χ4v) is 3.01. The molecule has 1 fully saturated rings. The lowest BCUT2D eigenvalue weighted by atomic mass is 10.0. The number of amides is 1. The van der Waals surface area contributed by atoms with E-state index in [-0.39, 0.29) is 5.91 Å². The largest absolute Gasteiger partial charge is 0.342 e. The van der Waals surface area contributed by atoms with Crippen LogP contribution in [-0.4, -0.2) is 43.5 Å². The van der Waals surface area contributed by atoms with Crippen molar-refractivity contribution >= 4 is 5.91 Å². The first-order chi connectivity index (χ1) is 10.0. The van der Waals surface area contributed by atoms with Gasteiger partial charge in [0.1, 0.15) is 0 Å². The summed E-state index contributed by atoms with van der Waals surface area (Å²) in [6.45, 7) is 3.57. The number of carbonyl (C=O) groups excluding carboxylic acids is 1. The van der Waals surface area contributed by atoms with E-state index in [0.717, 1.165) is 30.9 Å². The molecule has 1 atom stereocenters. The lowest BCUT2D eigenvalue weighted by molar-refractivity contribution is -0.129. The third-order valence-corrected chi connectivity index (χ3v) is 4.17. The van der Waals surface area contributed by atoms with Gasteiger partial charge in [-0.05, 0) is 25.0 Å². The van der Waals surface area contributed by atoms with E-state index in [9.17, 15) is 4.79 Å². The molecule has 21 heavy (non-hydrogen) atoms. The lowest BCUT2D eigenvalue weighted by Crippen LogP contribution is -2.30. The highest BCUT2D eigenvalue weighted by Gasteiger charge is 2.28. The first kappa shape index (κ1) is 13.9. The molecule has 0 spiro atoms. The Morgan fingerprint density at radius 1 is 1.43 bits per heavy atom. The van der Waals surface area contributed by atoms with E-state index in [1.54, 1.807) is 4.68 Å². The number of aromatic nitrogens is 4. The molecule has 1 aliphatic rings. The Kier molecular flexibility index (Phi) is 3.53. The van der Waals surface area contributed by atoms with Gasteiger partial charge in [-0.3, -0.25) is 14.2 Å². The average molecular weight is 287 g/mol. The Bertz CT molecular complexity index is 657. The molecule has 1 amide bonds. The predicted molar refractivity (Wildman–Crippen MR) is 78.8 cm³/mol. The van der Waals surface area contributed by atoms with Crippen molar-refractivity contribution < 1.29 is 4.79 Å². The molecule has 0 bridgehead atoms. The van der Waals surface area contributed by atoms with Gasteiger partial charge in [-0.25, -0.2) is 0 Å². The zero-order valence-electron chi connectivity index (χ0n) is 12.8. The molecule has 1 saturated heterocycles. The summed E-state index contributed by atoms with van der Waals surface area (Å²) in [5, 5.41) is 8.51. The number of hydrogen-bond acceptors (Lipinski definition) is 3. The normalized spacial score (nSPS) is 18.4. The smallest absolute Gasteiger partial charge is 0.228 e. The summed E-state index contributed by atoms with van der Waals surface area (Å²) in [6.07, 6.45) is 5.39. The van der Waals surface area contributed by atoms with Crippen molar-refractivity contribution in [3.63, 3.8) is 0 Å². The number of rotatable bonds is 3. The molecule has 0 N–H and O–H groups in total. The van der Waals surface area contributed by atoms with Crippen LogP contribution in [0.25, 0.3) is 0 Å². The van der Waals surface area contributed by atoms with E-state index in [0.29, 0.717) is 12.3 Å². The molecule has 3 heterocycles. The fraction of sp³-hybridized carbons (Fsp3) is 0.533. The molecule has 6 heteroatoms. The van der Waals surface area contributed by atoms with Gasteiger partial charge in [0.15, 0.2) is 0 Å². The molecule has 112 valence electrons. The zero-order valence-corrected chi connectivity index (χ0v) is 12.8. The van der Waals surface area contributed by atoms with Crippen molar-refractivity contribution in [3.8, 4) is 0 Å². The van der Waals surface area contributed by atoms with Crippen molar-refractivity contribution in [2.45, 2.75) is 25.7 Å². The number of nitrogens with zero attached hydrogens (tertiary/aromatic N) is 5. The third kappa shape index (κ3) is 2.84. The molecular weight excluding hydrogens is 266 g/mol. The van der Waals surface area contributed by atoms with E-state index in [2.05, 4.69) is 10.2 Å². The summed E-state index contributed by atoms with van der Waals surface area (Å²) >= 11 is 0. The summed E-state index contributed by atoms with van der Waals surface area (Å²) in [7, 11) is 3.81. The van der Waals surface area contributed by atoms with Gasteiger partial charge < -0.3 is 4.90 Å². The fourth-order valence-electron chi connectivity index (χ4n) is 3.01. The van der Waals surface area contributed by atoms with E-state index in [4.69, 9.17) is 0 Å². The molecule has 2 aromatic heterocycles. The molecule has 3 rings (SSSR count). The molecule has 6 nitrogen and oxygen atoms in total. The molecule has 2 aromatic rings. The highest BCUT2D eigenvalue weighted by molar-refractivity contribution is 5.78. The van der Waals surface area contributed by atoms with Gasteiger partial charge in [0, 0.05) is 45.0 Å². The van der Waals surface area contributed by atoms with Gasteiger partial charge >= 0.3 is 0 Å². The summed E-state index contributed by atoms with van der Waals surface area (Å²) in [6, 6.07) is 1.98. The Morgan fingerprint density at radius 2 is 2.24 bits per heavy atom. The number of likely N-dealkylation sites (tertiary alicyclic amines) is 1. The van der Waals surface area contributed by atoms with Crippen LogP contribution in [0.15, 0.2) is 18.5 Å². The second-order valence-corrected chi connectivity index (χ2v) is 5.85. The van der Waals surface area contributed by atoms with Crippen molar-refractivity contribution in [1.29, 1.82) is 0 Å². The van der Waals surface area contributed by atoms with Crippen LogP contribution in [-0.2, 0) is 25.3 Å². The van der Waals surface area contributed by atoms with E-state index in [1.165, 1.54) is 5.56 Å². The van der Waals surface area contributed by atoms with Crippen LogP contribution in [0.5, 0.6) is 0 Å². The third-order valence-electron chi connectivity index (χ3n) is 4.17. The maximum absolute atomic E-state index is 12.4. The standard InChI is InChI=1S/C15H21N5O/c1-11-6-14(19(3)17-11)7-15(21)20-5-4-12(10-20)13-8-16-18(2)9-13/h6,8-9,12H,4-5,7,10H2,1-3H3. The number of aryl methyl sites for hydroxylation is 3. The van der Waals surface area contributed by atoms with Crippen LogP contribution in [0.3, 0.4) is 0 Å². The summed E-state index contributed by atoms with van der Waals surface area (Å²) in [4.78, 5) is 14.4. The average Bonchev–Trinajstić information content (AvgIpc) is 3.11. The molecular formula is C15H21N5O. The maximum Gasteiger partial charge on any atom is 0.228 e. The minimum Gasteiger partial charge on any atom is -0.342 e. The first-order valence-corrected chi connectivity index (χ1v) is 7.29. The van der Waals surface area contributed by atoms with Crippen molar-refractivity contribution in [2.24, 2.45) is 14.1 Å². The van der Waals surface area contributed by atoms with Crippen LogP contribution >= 0.6 is 0 Å². The minimum atomic E-state index is 0.185. The highest BCUT2D eigenvalue weighted by atomic mass is 16.2. The van der Waals surface area contributed by atoms with Crippen LogP contribution in [0, 0.1) is 6.92 Å². The maximum atomic E-state index is 12.4. The Hall–Kier alpha value is -2.11. The van der Waals surface area contributed by atoms with Gasteiger partial charge in [-0.15, -0.1) is 0 Å². The zero-order chi connectivity index (χ0) is 15.0. The topological polar surface area (TPSA) is 56.0 Å². The second kappa shape index (κ2) is 5.35. The molecule has 0 radical (unpaired) electrons. The van der Waals surface area contributed by atoms with Gasteiger partial charge in [0.2, 0.25) is 5.91 Å². The van der Waals surface area contributed by atoms with E-state index < -0.39 is 0 Å². The monoisotopic (exact) mass is 287 g/mol. The number of carbonyl (C=O) groups is 1. The predicted octanol–water partition coefficient (Wildman–Crippen LogP) is 1.02. The number of hydrogen-bond donors (Lipinski definition) is 0. The molecule has 1 unspecified atom stereocenters. The van der Waals surface area contributed by atoms with Gasteiger partial charge in [0.25, 0.3) is 0 Å². The van der Waals surface area contributed by atoms with Gasteiger partial charge in [0.05, 0.1) is 18.3 Å². The summed E-state index contributed by atoms with van der Waals surface area (Å²) in [5.74, 6) is 0.598. The molecule has 0 aliphatic carbocycles. The Labute approximate surface area is 124 Å². The van der Waals surface area contributed by atoms with E-state index >= 15 is 0 Å². The Morgan fingerprint density at radius 3 is 2.86 bits per heavy atom. The molecule has 0 aromatic carbocycles. The van der Waals surface area contributed by atoms with Crippen LogP contribution in [0.4, 0.5) is 0 Å².